The van der Waals surface area contributed by atoms with Gasteiger partial charge in [-0.25, -0.2) is 4.79 Å². The Hall–Kier alpha value is -1.71. The molecule has 2 N–H and O–H groups in total. The molecule has 0 aliphatic rings. The molecule has 1 rings (SSSR count). The summed E-state index contributed by atoms with van der Waals surface area (Å²) in [6.45, 7) is 4.22. The molecule has 0 atom stereocenters. The second-order valence-electron chi connectivity index (χ2n) is 5.03. The third kappa shape index (κ3) is 5.11. The lowest BCUT2D eigenvalue weighted by Gasteiger charge is -2.12. The van der Waals surface area contributed by atoms with Crippen LogP contribution in [-0.2, 0) is 12.8 Å². The van der Waals surface area contributed by atoms with Crippen molar-refractivity contribution in [2.75, 3.05) is 0 Å². The molecule has 4 nitrogen and oxygen atoms in total. The molecule has 0 saturated carbocycles. The summed E-state index contributed by atoms with van der Waals surface area (Å²) >= 11 is 0. The first-order valence-corrected chi connectivity index (χ1v) is 7.34. The summed E-state index contributed by atoms with van der Waals surface area (Å²) in [6.07, 6.45) is 5.53. The number of unbranched alkanes of at least 4 members (excludes halogenated alkanes) is 3. The van der Waals surface area contributed by atoms with E-state index < -0.39 is 6.16 Å². The first-order valence-electron chi connectivity index (χ1n) is 7.34. The number of rotatable bonds is 8. The lowest BCUT2D eigenvalue weighted by Crippen LogP contribution is -2.05. The molecule has 0 aromatic heterocycles. The molecular formula is C16H24O4. The number of aryl methyl sites for hydroxylation is 2. The number of phenols is 1. The average Bonchev–Trinajstić information content (AvgIpc) is 2.40. The summed E-state index contributed by atoms with van der Waals surface area (Å²) in [4.78, 5) is 10.7. The second kappa shape index (κ2) is 8.46. The summed E-state index contributed by atoms with van der Waals surface area (Å²) in [5, 5.41) is 18.8. The van der Waals surface area contributed by atoms with Gasteiger partial charge in [0.2, 0.25) is 0 Å². The zero-order valence-electron chi connectivity index (χ0n) is 12.3. The fraction of sp³-hybridized carbons (Fsp3) is 0.562. The van der Waals surface area contributed by atoms with Crippen LogP contribution >= 0.6 is 0 Å². The van der Waals surface area contributed by atoms with Gasteiger partial charge in [-0.3, -0.25) is 0 Å². The maximum Gasteiger partial charge on any atom is 0.511 e. The molecule has 1 aromatic carbocycles. The Labute approximate surface area is 120 Å². The van der Waals surface area contributed by atoms with Crippen molar-refractivity contribution in [3.05, 3.63) is 23.3 Å². The van der Waals surface area contributed by atoms with E-state index >= 15 is 0 Å². The van der Waals surface area contributed by atoms with Gasteiger partial charge in [-0.05, 0) is 42.9 Å². The van der Waals surface area contributed by atoms with E-state index in [-0.39, 0.29) is 11.5 Å². The molecule has 0 radical (unpaired) electrons. The Morgan fingerprint density at radius 3 is 2.40 bits per heavy atom. The standard InChI is InChI=1S/C16H24O4/c1-3-5-7-8-12-10-13(9-6-4-2)15(17)14(11-12)20-16(18)19/h10-11,17H,3-9H2,1-2H3,(H,18,19). The van der Waals surface area contributed by atoms with Gasteiger partial charge in [0.05, 0.1) is 0 Å². The number of carbonyl (C=O) groups is 1. The predicted octanol–water partition coefficient (Wildman–Crippen LogP) is 4.52. The van der Waals surface area contributed by atoms with Gasteiger partial charge in [0.15, 0.2) is 11.5 Å². The van der Waals surface area contributed by atoms with E-state index in [2.05, 4.69) is 18.6 Å². The molecule has 0 unspecified atom stereocenters. The molecule has 0 aliphatic heterocycles. The van der Waals surface area contributed by atoms with E-state index in [0.29, 0.717) is 0 Å². The van der Waals surface area contributed by atoms with Crippen molar-refractivity contribution in [3.8, 4) is 11.5 Å². The number of benzene rings is 1. The van der Waals surface area contributed by atoms with Crippen LogP contribution in [0.4, 0.5) is 4.79 Å². The van der Waals surface area contributed by atoms with Gasteiger partial charge in [-0.1, -0.05) is 39.2 Å². The van der Waals surface area contributed by atoms with E-state index in [1.807, 2.05) is 6.07 Å². The van der Waals surface area contributed by atoms with E-state index in [0.717, 1.165) is 56.1 Å². The molecule has 20 heavy (non-hydrogen) atoms. The maximum absolute atomic E-state index is 10.7. The molecule has 0 spiro atoms. The third-order valence-corrected chi connectivity index (χ3v) is 3.28. The third-order valence-electron chi connectivity index (χ3n) is 3.28. The average molecular weight is 280 g/mol. The molecule has 0 fully saturated rings. The lowest BCUT2D eigenvalue weighted by molar-refractivity contribution is 0.142. The number of phenolic OH excluding ortho intramolecular Hbond substituents is 1. The fourth-order valence-corrected chi connectivity index (χ4v) is 2.18. The Bertz CT molecular complexity index is 440. The molecule has 0 amide bonds. The van der Waals surface area contributed by atoms with Gasteiger partial charge < -0.3 is 14.9 Å². The normalized spacial score (nSPS) is 10.5. The summed E-state index contributed by atoms with van der Waals surface area (Å²) < 4.78 is 4.68. The smallest absolute Gasteiger partial charge is 0.504 e. The zero-order valence-corrected chi connectivity index (χ0v) is 12.3. The predicted molar refractivity (Wildman–Crippen MR) is 78.6 cm³/mol. The van der Waals surface area contributed by atoms with Crippen LogP contribution in [0.5, 0.6) is 11.5 Å². The monoisotopic (exact) mass is 280 g/mol. The van der Waals surface area contributed by atoms with E-state index in [1.165, 1.54) is 0 Å². The van der Waals surface area contributed by atoms with Crippen molar-refractivity contribution >= 4 is 6.16 Å². The quantitative estimate of drug-likeness (QED) is 0.417. The van der Waals surface area contributed by atoms with Gasteiger partial charge in [0.25, 0.3) is 0 Å². The van der Waals surface area contributed by atoms with Crippen molar-refractivity contribution in [2.24, 2.45) is 0 Å². The second-order valence-corrected chi connectivity index (χ2v) is 5.03. The first kappa shape index (κ1) is 16.3. The van der Waals surface area contributed by atoms with E-state index in [9.17, 15) is 9.90 Å². The van der Waals surface area contributed by atoms with E-state index in [4.69, 9.17) is 5.11 Å². The Morgan fingerprint density at radius 1 is 1.10 bits per heavy atom. The lowest BCUT2D eigenvalue weighted by atomic mass is 10.00. The minimum absolute atomic E-state index is 0.0416. The topological polar surface area (TPSA) is 66.8 Å². The summed E-state index contributed by atoms with van der Waals surface area (Å²) in [5.74, 6) is 0.0118. The van der Waals surface area contributed by atoms with Gasteiger partial charge in [0.1, 0.15) is 0 Å². The SMILES string of the molecule is CCCCCc1cc(CCCC)c(O)c(OC(=O)O)c1. The van der Waals surface area contributed by atoms with Crippen molar-refractivity contribution in [2.45, 2.75) is 58.8 Å². The molecule has 0 bridgehead atoms. The van der Waals surface area contributed by atoms with Crippen LogP contribution < -0.4 is 4.74 Å². The van der Waals surface area contributed by atoms with Crippen LogP contribution in [0.3, 0.4) is 0 Å². The summed E-state index contributed by atoms with van der Waals surface area (Å²) in [5.41, 5.74) is 1.80. The molecule has 112 valence electrons. The Morgan fingerprint density at radius 2 is 1.80 bits per heavy atom. The van der Waals surface area contributed by atoms with Crippen LogP contribution in [0.25, 0.3) is 0 Å². The minimum atomic E-state index is -1.40. The van der Waals surface area contributed by atoms with Crippen LogP contribution in [0.2, 0.25) is 0 Å². The van der Waals surface area contributed by atoms with Crippen molar-refractivity contribution < 1.29 is 19.7 Å². The van der Waals surface area contributed by atoms with Crippen LogP contribution in [0.1, 0.15) is 57.1 Å². The highest BCUT2D eigenvalue weighted by Crippen LogP contribution is 2.33. The Kier molecular flexibility index (Phi) is 6.91. The van der Waals surface area contributed by atoms with Crippen LogP contribution in [0, 0.1) is 0 Å². The van der Waals surface area contributed by atoms with Gasteiger partial charge in [0, 0.05) is 0 Å². The van der Waals surface area contributed by atoms with Crippen molar-refractivity contribution in [1.29, 1.82) is 0 Å². The van der Waals surface area contributed by atoms with Gasteiger partial charge in [-0.2, -0.15) is 0 Å². The van der Waals surface area contributed by atoms with Gasteiger partial charge >= 0.3 is 6.16 Å². The highest BCUT2D eigenvalue weighted by molar-refractivity contribution is 5.64. The maximum atomic E-state index is 10.7. The summed E-state index contributed by atoms with van der Waals surface area (Å²) in [6, 6.07) is 3.60. The molecule has 0 saturated heterocycles. The zero-order chi connectivity index (χ0) is 15.0. The van der Waals surface area contributed by atoms with Gasteiger partial charge in [-0.15, -0.1) is 0 Å². The fourth-order valence-electron chi connectivity index (χ4n) is 2.18. The molecule has 4 heteroatoms. The number of aromatic hydroxyl groups is 1. The van der Waals surface area contributed by atoms with Crippen molar-refractivity contribution in [1.82, 2.24) is 0 Å². The largest absolute Gasteiger partial charge is 0.511 e. The molecule has 0 aliphatic carbocycles. The number of hydrogen-bond acceptors (Lipinski definition) is 3. The molecule has 1 aromatic rings. The minimum Gasteiger partial charge on any atom is -0.504 e. The number of ether oxygens (including phenoxy) is 1. The number of hydrogen-bond donors (Lipinski definition) is 2. The molecular weight excluding hydrogens is 256 g/mol. The first-order chi connectivity index (χ1) is 9.58. The Balaban J connectivity index is 2.95. The number of carboxylic acid groups (broad SMARTS) is 1. The highest BCUT2D eigenvalue weighted by Gasteiger charge is 2.13. The van der Waals surface area contributed by atoms with Crippen LogP contribution in [-0.4, -0.2) is 16.4 Å². The molecule has 0 heterocycles. The van der Waals surface area contributed by atoms with E-state index in [1.54, 1.807) is 6.07 Å². The van der Waals surface area contributed by atoms with Crippen LogP contribution in [0.15, 0.2) is 12.1 Å². The van der Waals surface area contributed by atoms with Crippen molar-refractivity contribution in [3.63, 3.8) is 0 Å². The highest BCUT2D eigenvalue weighted by atomic mass is 16.7. The summed E-state index contributed by atoms with van der Waals surface area (Å²) in [7, 11) is 0.